The molecule has 0 heterocycles. The number of alkyl halides is 1. The molecule has 0 spiro atoms. The largest absolute Gasteiger partial charge is 0.395 e. The highest BCUT2D eigenvalue weighted by Crippen LogP contribution is 2.66. The minimum atomic E-state index is -1.26. The first-order chi connectivity index (χ1) is 12.8. The number of oxime groups is 1. The molecule has 2 N–H and O–H groups in total. The summed E-state index contributed by atoms with van der Waals surface area (Å²) in [5.74, 6) is 1.40. The van der Waals surface area contributed by atoms with E-state index in [0.29, 0.717) is 37.3 Å². The molecule has 0 bridgehead atoms. The number of carbonyl (C=O) groups is 1. The summed E-state index contributed by atoms with van der Waals surface area (Å²) in [4.78, 5) is 17.8. The number of fused-ring (bicyclic) bond motifs is 5. The van der Waals surface area contributed by atoms with Gasteiger partial charge in [-0.05, 0) is 74.0 Å². The third kappa shape index (κ3) is 2.80. The molecule has 0 aromatic heterocycles. The van der Waals surface area contributed by atoms with E-state index in [-0.39, 0.29) is 17.1 Å². The molecule has 5 heteroatoms. The average Bonchev–Trinajstić information content (AvgIpc) is 2.87. The molecular weight excluding hydrogens is 343 g/mol. The maximum absolute atomic E-state index is 14.3. The van der Waals surface area contributed by atoms with E-state index >= 15 is 0 Å². The van der Waals surface area contributed by atoms with Gasteiger partial charge in [0.25, 0.3) is 0 Å². The van der Waals surface area contributed by atoms with Crippen LogP contribution in [0.3, 0.4) is 0 Å². The molecule has 0 aliphatic heterocycles. The Kier molecular flexibility index (Phi) is 4.73. The topological polar surface area (TPSA) is 64.7 Å². The third-order valence-electron chi connectivity index (χ3n) is 8.56. The lowest BCUT2D eigenvalue weighted by atomic mass is 9.44. The van der Waals surface area contributed by atoms with Crippen LogP contribution in [0.1, 0.15) is 58.8 Å². The number of carbonyl (C=O) groups excluding carboxylic acids is 1. The molecule has 4 aliphatic rings. The van der Waals surface area contributed by atoms with Crippen molar-refractivity contribution >= 4 is 11.5 Å². The van der Waals surface area contributed by atoms with Crippen molar-refractivity contribution in [1.82, 2.24) is 0 Å². The molecule has 5 unspecified atom stereocenters. The Morgan fingerprint density at radius 1 is 1.30 bits per heavy atom. The van der Waals surface area contributed by atoms with Gasteiger partial charge in [0.05, 0.1) is 5.71 Å². The predicted molar refractivity (Wildman–Crippen MR) is 104 cm³/mol. The molecule has 4 fully saturated rings. The van der Waals surface area contributed by atoms with E-state index in [9.17, 15) is 9.18 Å². The van der Waals surface area contributed by atoms with Crippen LogP contribution in [0.2, 0.25) is 0 Å². The van der Waals surface area contributed by atoms with Crippen LogP contribution in [0.4, 0.5) is 4.39 Å². The molecule has 0 amide bonds. The zero-order chi connectivity index (χ0) is 19.4. The van der Waals surface area contributed by atoms with Gasteiger partial charge in [0.15, 0.2) is 12.0 Å². The lowest BCUT2D eigenvalue weighted by molar-refractivity contribution is -0.136. The van der Waals surface area contributed by atoms with E-state index in [1.807, 2.05) is 6.92 Å². The van der Waals surface area contributed by atoms with E-state index in [1.54, 1.807) is 0 Å². The van der Waals surface area contributed by atoms with Crippen LogP contribution in [0.25, 0.3) is 0 Å². The van der Waals surface area contributed by atoms with Crippen molar-refractivity contribution in [2.75, 3.05) is 13.2 Å². The van der Waals surface area contributed by atoms with Crippen molar-refractivity contribution in [3.05, 3.63) is 12.2 Å². The second kappa shape index (κ2) is 6.68. The average molecular weight is 377 g/mol. The Morgan fingerprint density at radius 3 is 2.81 bits per heavy atom. The first-order valence-corrected chi connectivity index (χ1v) is 10.5. The number of rotatable bonds is 3. The molecular formula is C22H33FN2O2. The number of ketones is 1. The molecule has 0 aromatic rings. The van der Waals surface area contributed by atoms with Crippen LogP contribution >= 0.6 is 0 Å². The molecule has 0 saturated heterocycles. The van der Waals surface area contributed by atoms with Gasteiger partial charge in [0.1, 0.15) is 6.61 Å². The van der Waals surface area contributed by atoms with Crippen molar-refractivity contribution in [3.8, 4) is 0 Å². The quantitative estimate of drug-likeness (QED) is 0.459. The molecule has 27 heavy (non-hydrogen) atoms. The number of Topliss-reactive ketones (excluding diaryl/α,β-unsaturated/α-hetero) is 1. The summed E-state index contributed by atoms with van der Waals surface area (Å²) in [6.45, 7) is 9.80. The zero-order valence-electron chi connectivity index (χ0n) is 16.7. The lowest BCUT2D eigenvalue weighted by Crippen LogP contribution is -2.54. The number of nitrogens with two attached hydrogens (primary N) is 1. The molecule has 150 valence electrons. The van der Waals surface area contributed by atoms with Crippen molar-refractivity contribution in [3.63, 3.8) is 0 Å². The third-order valence-corrected chi connectivity index (χ3v) is 8.56. The second-order valence-electron chi connectivity index (χ2n) is 9.80. The standard InChI is InChI=1S/C22H33FN2O2/c1-13-10-15-16(5-7-22(3)18(15)12-19(23)20(22)26)21(2)6-4-14(11-17(13)21)25-27-9-8-24/h15-19H,1,4-12,24H2,2-3H3/t15?,16?,17?,18?,19?,21-,22+/m1/s1. The van der Waals surface area contributed by atoms with Gasteiger partial charge in [0, 0.05) is 12.0 Å². The molecule has 0 radical (unpaired) electrons. The van der Waals surface area contributed by atoms with Crippen molar-refractivity contribution in [1.29, 1.82) is 0 Å². The lowest BCUT2D eigenvalue weighted by Gasteiger charge is -2.60. The summed E-state index contributed by atoms with van der Waals surface area (Å²) in [6.07, 6.45) is 4.89. The minimum absolute atomic E-state index is 0.140. The van der Waals surface area contributed by atoms with Gasteiger partial charge < -0.3 is 10.6 Å². The molecule has 4 nitrogen and oxygen atoms in total. The zero-order valence-corrected chi connectivity index (χ0v) is 16.7. The number of hydrogen-bond donors (Lipinski definition) is 1. The number of nitrogens with zero attached hydrogens (tertiary/aromatic N) is 1. The van der Waals surface area contributed by atoms with Crippen molar-refractivity contribution in [2.45, 2.75) is 65.0 Å². The molecule has 4 saturated carbocycles. The number of halogens is 1. The van der Waals surface area contributed by atoms with Crippen LogP contribution < -0.4 is 5.73 Å². The fourth-order valence-corrected chi connectivity index (χ4v) is 7.07. The number of hydrogen-bond acceptors (Lipinski definition) is 4. The summed E-state index contributed by atoms with van der Waals surface area (Å²) >= 11 is 0. The van der Waals surface area contributed by atoms with Gasteiger partial charge in [-0.3, -0.25) is 4.79 Å². The van der Waals surface area contributed by atoms with Crippen LogP contribution in [0.5, 0.6) is 0 Å². The van der Waals surface area contributed by atoms with Gasteiger partial charge in [-0.25, -0.2) is 4.39 Å². The fourth-order valence-electron chi connectivity index (χ4n) is 7.07. The van der Waals surface area contributed by atoms with Gasteiger partial charge in [-0.15, -0.1) is 0 Å². The Bertz CT molecular complexity index is 677. The first-order valence-electron chi connectivity index (χ1n) is 10.5. The van der Waals surface area contributed by atoms with Crippen molar-refractivity contribution in [2.24, 2.45) is 45.4 Å². The Morgan fingerprint density at radius 2 is 2.07 bits per heavy atom. The van der Waals surface area contributed by atoms with E-state index in [1.165, 1.54) is 5.57 Å². The summed E-state index contributed by atoms with van der Waals surface area (Å²) in [5, 5.41) is 4.32. The monoisotopic (exact) mass is 376 g/mol. The summed E-state index contributed by atoms with van der Waals surface area (Å²) < 4.78 is 14.3. The van der Waals surface area contributed by atoms with Gasteiger partial charge >= 0.3 is 0 Å². The Hall–Kier alpha value is -1.23. The SMILES string of the molecule is C=C1CC2C(CC[C@]3(C)C(=O)C(F)CC23)[C@@]2(C)CCC(=NOCCN)CC12. The van der Waals surface area contributed by atoms with E-state index in [2.05, 4.69) is 18.7 Å². The van der Waals surface area contributed by atoms with Crippen LogP contribution in [0, 0.1) is 34.5 Å². The molecule has 7 atom stereocenters. The van der Waals surface area contributed by atoms with E-state index in [0.717, 1.165) is 44.2 Å². The minimum Gasteiger partial charge on any atom is -0.395 e. The van der Waals surface area contributed by atoms with Gasteiger partial charge in [-0.2, -0.15) is 0 Å². The summed E-state index contributed by atoms with van der Waals surface area (Å²) in [5.41, 5.74) is 7.58. The normalized spacial score (nSPS) is 48.1. The smallest absolute Gasteiger partial charge is 0.173 e. The highest BCUT2D eigenvalue weighted by Gasteiger charge is 2.63. The van der Waals surface area contributed by atoms with Gasteiger partial charge in [-0.1, -0.05) is 31.2 Å². The van der Waals surface area contributed by atoms with E-state index in [4.69, 9.17) is 10.6 Å². The summed E-state index contributed by atoms with van der Waals surface area (Å²) in [7, 11) is 0. The van der Waals surface area contributed by atoms with Gasteiger partial charge in [0.2, 0.25) is 0 Å². The highest BCUT2D eigenvalue weighted by molar-refractivity contribution is 5.91. The van der Waals surface area contributed by atoms with Crippen LogP contribution in [0.15, 0.2) is 17.3 Å². The maximum Gasteiger partial charge on any atom is 0.173 e. The molecule has 0 aromatic carbocycles. The fraction of sp³-hybridized carbons (Fsp3) is 0.818. The maximum atomic E-state index is 14.3. The predicted octanol–water partition coefficient (Wildman–Crippen LogP) is 4.04. The first kappa shape index (κ1) is 19.1. The highest BCUT2D eigenvalue weighted by atomic mass is 19.1. The molecule has 4 rings (SSSR count). The molecule has 4 aliphatic carbocycles. The summed E-state index contributed by atoms with van der Waals surface area (Å²) in [6, 6.07) is 0. The van der Waals surface area contributed by atoms with Crippen LogP contribution in [-0.2, 0) is 9.63 Å². The second-order valence-corrected chi connectivity index (χ2v) is 9.80. The van der Waals surface area contributed by atoms with Crippen molar-refractivity contribution < 1.29 is 14.0 Å². The number of allylic oxidation sites excluding steroid dienone is 1. The van der Waals surface area contributed by atoms with Crippen LogP contribution in [-0.4, -0.2) is 30.8 Å². The van der Waals surface area contributed by atoms with E-state index < -0.39 is 11.6 Å². The Balaban J connectivity index is 1.58. The Labute approximate surface area is 161 Å².